The lowest BCUT2D eigenvalue weighted by Gasteiger charge is -2.31. The molecule has 0 radical (unpaired) electrons. The number of carbonyl (C=O) groups is 2. The van der Waals surface area contributed by atoms with Gasteiger partial charge in [-0.1, -0.05) is 63.2 Å². The molecule has 0 heterocycles. The third-order valence-corrected chi connectivity index (χ3v) is 4.78. The van der Waals surface area contributed by atoms with Gasteiger partial charge in [0.15, 0.2) is 0 Å². The van der Waals surface area contributed by atoms with E-state index in [1.165, 1.54) is 0 Å². The number of carbonyl (C=O) groups excluding carboxylic acids is 2. The van der Waals surface area contributed by atoms with E-state index in [1.807, 2.05) is 61.5 Å². The molecule has 0 aliphatic heterocycles. The van der Waals surface area contributed by atoms with Gasteiger partial charge in [0.2, 0.25) is 11.8 Å². The van der Waals surface area contributed by atoms with E-state index in [1.54, 1.807) is 12.0 Å². The van der Waals surface area contributed by atoms with Crippen LogP contribution in [0.5, 0.6) is 5.75 Å². The molecule has 0 bridgehead atoms. The zero-order valence-corrected chi connectivity index (χ0v) is 17.9. The Bertz CT molecular complexity index is 772. The molecule has 0 aliphatic carbocycles. The highest BCUT2D eigenvalue weighted by Gasteiger charge is 2.28. The van der Waals surface area contributed by atoms with Crippen molar-refractivity contribution in [2.24, 2.45) is 5.92 Å². The van der Waals surface area contributed by atoms with Crippen LogP contribution in [-0.4, -0.2) is 36.4 Å². The minimum Gasteiger partial charge on any atom is -0.497 e. The van der Waals surface area contributed by atoms with Gasteiger partial charge in [-0.2, -0.15) is 0 Å². The summed E-state index contributed by atoms with van der Waals surface area (Å²) >= 11 is 0. The van der Waals surface area contributed by atoms with Crippen LogP contribution in [-0.2, 0) is 22.6 Å². The lowest BCUT2D eigenvalue weighted by Crippen LogP contribution is -2.50. The summed E-state index contributed by atoms with van der Waals surface area (Å²) in [5, 5.41) is 2.98. The van der Waals surface area contributed by atoms with Gasteiger partial charge in [-0.05, 0) is 35.6 Å². The van der Waals surface area contributed by atoms with Gasteiger partial charge in [-0.3, -0.25) is 9.59 Å². The molecule has 0 fully saturated rings. The summed E-state index contributed by atoms with van der Waals surface area (Å²) in [6.45, 7) is 7.02. The van der Waals surface area contributed by atoms with Crippen LogP contribution in [0.15, 0.2) is 54.6 Å². The predicted octanol–water partition coefficient (Wildman–Crippen LogP) is 3.82. The Morgan fingerprint density at radius 1 is 1.00 bits per heavy atom. The van der Waals surface area contributed by atoms with Crippen molar-refractivity contribution in [2.75, 3.05) is 13.7 Å². The number of hydrogen-bond donors (Lipinski definition) is 1. The quantitative estimate of drug-likeness (QED) is 0.664. The number of nitrogens with zero attached hydrogens (tertiary/aromatic N) is 1. The minimum atomic E-state index is -0.507. The average Bonchev–Trinajstić information content (AvgIpc) is 2.73. The van der Waals surface area contributed by atoms with Crippen molar-refractivity contribution in [3.05, 3.63) is 65.7 Å². The molecule has 2 rings (SSSR count). The smallest absolute Gasteiger partial charge is 0.242 e. The van der Waals surface area contributed by atoms with Crippen molar-refractivity contribution >= 4 is 11.8 Å². The number of hydrogen-bond acceptors (Lipinski definition) is 3. The van der Waals surface area contributed by atoms with Gasteiger partial charge in [0.05, 0.1) is 13.5 Å². The zero-order chi connectivity index (χ0) is 21.2. The molecular weight excluding hydrogens is 364 g/mol. The summed E-state index contributed by atoms with van der Waals surface area (Å²) in [5.41, 5.74) is 1.90. The van der Waals surface area contributed by atoms with Crippen molar-refractivity contribution in [3.8, 4) is 5.75 Å². The summed E-state index contributed by atoms with van der Waals surface area (Å²) in [4.78, 5) is 27.7. The Balaban J connectivity index is 2.23. The molecule has 5 heteroatoms. The fraction of sp³-hybridized carbons (Fsp3) is 0.417. The number of methoxy groups -OCH3 is 1. The lowest BCUT2D eigenvalue weighted by molar-refractivity contribution is -0.141. The second-order valence-electron chi connectivity index (χ2n) is 7.60. The van der Waals surface area contributed by atoms with Crippen LogP contribution < -0.4 is 10.1 Å². The van der Waals surface area contributed by atoms with Crippen LogP contribution >= 0.6 is 0 Å². The highest BCUT2D eigenvalue weighted by atomic mass is 16.5. The monoisotopic (exact) mass is 396 g/mol. The Hall–Kier alpha value is -2.82. The Kier molecular flexibility index (Phi) is 8.71. The second-order valence-corrected chi connectivity index (χ2v) is 7.60. The summed E-state index contributed by atoms with van der Waals surface area (Å²) < 4.78 is 5.22. The van der Waals surface area contributed by atoms with Gasteiger partial charge in [0.1, 0.15) is 11.8 Å². The summed E-state index contributed by atoms with van der Waals surface area (Å²) in [5.74, 6) is 0.957. The standard InChI is InChI=1S/C24H32N2O3/c1-5-22(24(28)25-16-18(2)3)26(17-20-11-13-21(29-4)14-12-20)23(27)15-19-9-7-6-8-10-19/h6-14,18,22H,5,15-17H2,1-4H3,(H,25,28)/t22-/m0/s1. The van der Waals surface area contributed by atoms with Crippen molar-refractivity contribution in [3.63, 3.8) is 0 Å². The van der Waals surface area contributed by atoms with E-state index in [0.29, 0.717) is 25.4 Å². The van der Waals surface area contributed by atoms with E-state index in [2.05, 4.69) is 19.2 Å². The Morgan fingerprint density at radius 3 is 2.21 bits per heavy atom. The lowest BCUT2D eigenvalue weighted by atomic mass is 10.1. The maximum absolute atomic E-state index is 13.2. The van der Waals surface area contributed by atoms with Gasteiger partial charge >= 0.3 is 0 Å². The predicted molar refractivity (Wildman–Crippen MR) is 116 cm³/mol. The van der Waals surface area contributed by atoms with Gasteiger partial charge in [0.25, 0.3) is 0 Å². The van der Waals surface area contributed by atoms with Crippen LogP contribution in [0.2, 0.25) is 0 Å². The molecule has 0 saturated carbocycles. The van der Waals surface area contributed by atoms with Crippen LogP contribution in [0.4, 0.5) is 0 Å². The Morgan fingerprint density at radius 2 is 1.66 bits per heavy atom. The number of rotatable bonds is 10. The molecule has 2 aromatic rings. The number of ether oxygens (including phenoxy) is 1. The first-order valence-corrected chi connectivity index (χ1v) is 10.2. The second kappa shape index (κ2) is 11.2. The highest BCUT2D eigenvalue weighted by Crippen LogP contribution is 2.17. The van der Waals surface area contributed by atoms with Crippen LogP contribution in [0.25, 0.3) is 0 Å². The largest absolute Gasteiger partial charge is 0.497 e. The van der Waals surface area contributed by atoms with Crippen molar-refractivity contribution in [1.29, 1.82) is 0 Å². The molecule has 5 nitrogen and oxygen atoms in total. The molecule has 0 unspecified atom stereocenters. The first kappa shape index (κ1) is 22.5. The van der Waals surface area contributed by atoms with E-state index in [-0.39, 0.29) is 18.2 Å². The van der Waals surface area contributed by atoms with Gasteiger partial charge in [-0.15, -0.1) is 0 Å². The Labute approximate surface area is 174 Å². The molecule has 0 saturated heterocycles. The molecule has 0 aromatic heterocycles. The average molecular weight is 397 g/mol. The maximum Gasteiger partial charge on any atom is 0.242 e. The third kappa shape index (κ3) is 6.93. The molecule has 1 N–H and O–H groups in total. The molecule has 29 heavy (non-hydrogen) atoms. The molecule has 0 aliphatic rings. The first-order chi connectivity index (χ1) is 13.9. The normalized spacial score (nSPS) is 11.8. The van der Waals surface area contributed by atoms with Gasteiger partial charge in [0, 0.05) is 13.1 Å². The van der Waals surface area contributed by atoms with Crippen molar-refractivity contribution in [2.45, 2.75) is 46.2 Å². The van der Waals surface area contributed by atoms with Gasteiger partial charge in [-0.25, -0.2) is 0 Å². The number of nitrogens with one attached hydrogen (secondary N) is 1. The minimum absolute atomic E-state index is 0.0569. The van der Waals surface area contributed by atoms with E-state index in [9.17, 15) is 9.59 Å². The van der Waals surface area contributed by atoms with Crippen LogP contribution in [0.1, 0.15) is 38.3 Å². The molecule has 2 aromatic carbocycles. The van der Waals surface area contributed by atoms with E-state index in [4.69, 9.17) is 4.74 Å². The third-order valence-electron chi connectivity index (χ3n) is 4.78. The maximum atomic E-state index is 13.2. The van der Waals surface area contributed by atoms with Crippen molar-refractivity contribution < 1.29 is 14.3 Å². The van der Waals surface area contributed by atoms with E-state index >= 15 is 0 Å². The fourth-order valence-electron chi connectivity index (χ4n) is 3.14. The zero-order valence-electron chi connectivity index (χ0n) is 17.9. The van der Waals surface area contributed by atoms with E-state index in [0.717, 1.165) is 16.9 Å². The molecule has 1 atom stereocenters. The molecule has 156 valence electrons. The SMILES string of the molecule is CC[C@@H](C(=O)NCC(C)C)N(Cc1ccc(OC)cc1)C(=O)Cc1ccccc1. The number of amides is 2. The topological polar surface area (TPSA) is 58.6 Å². The summed E-state index contributed by atoms with van der Waals surface area (Å²) in [6, 6.07) is 16.7. The summed E-state index contributed by atoms with van der Waals surface area (Å²) in [7, 11) is 1.62. The van der Waals surface area contributed by atoms with Gasteiger partial charge < -0.3 is 15.0 Å². The molecule has 2 amide bonds. The number of benzene rings is 2. The molecular formula is C24H32N2O3. The van der Waals surface area contributed by atoms with Crippen LogP contribution in [0.3, 0.4) is 0 Å². The van der Waals surface area contributed by atoms with Crippen LogP contribution in [0, 0.1) is 5.92 Å². The molecule has 0 spiro atoms. The summed E-state index contributed by atoms with van der Waals surface area (Å²) in [6.07, 6.45) is 0.825. The highest BCUT2D eigenvalue weighted by molar-refractivity contribution is 5.88. The first-order valence-electron chi connectivity index (χ1n) is 10.2. The fourth-order valence-corrected chi connectivity index (χ4v) is 3.14. The van der Waals surface area contributed by atoms with E-state index < -0.39 is 6.04 Å². The van der Waals surface area contributed by atoms with Crippen molar-refractivity contribution in [1.82, 2.24) is 10.2 Å².